The van der Waals surface area contributed by atoms with Crippen molar-refractivity contribution >= 4 is 5.97 Å². The van der Waals surface area contributed by atoms with Crippen molar-refractivity contribution in [1.82, 2.24) is 9.97 Å². The van der Waals surface area contributed by atoms with Crippen molar-refractivity contribution in [3.8, 4) is 17.3 Å². The summed E-state index contributed by atoms with van der Waals surface area (Å²) in [7, 11) is 1.31. The molecule has 0 radical (unpaired) electrons. The van der Waals surface area contributed by atoms with Gasteiger partial charge in [0, 0.05) is 11.8 Å². The van der Waals surface area contributed by atoms with Crippen LogP contribution in [0.15, 0.2) is 54.7 Å². The number of halogens is 6. The van der Waals surface area contributed by atoms with E-state index in [2.05, 4.69) is 15.3 Å². The molecule has 3 aromatic rings. The van der Waals surface area contributed by atoms with Gasteiger partial charge in [0.05, 0.1) is 29.3 Å². The lowest BCUT2D eigenvalue weighted by molar-refractivity contribution is -0.143. The van der Waals surface area contributed by atoms with E-state index in [1.165, 1.54) is 13.2 Å². The normalized spacial score (nSPS) is 11.3. The number of nitriles is 1. The lowest BCUT2D eigenvalue weighted by Gasteiger charge is -2.17. The second-order valence-corrected chi connectivity index (χ2v) is 6.94. The highest BCUT2D eigenvalue weighted by Gasteiger charge is 2.36. The van der Waals surface area contributed by atoms with Crippen molar-refractivity contribution in [1.29, 1.82) is 5.26 Å². The van der Waals surface area contributed by atoms with Crippen LogP contribution < -0.4 is 0 Å². The summed E-state index contributed by atoms with van der Waals surface area (Å²) >= 11 is 0. The molecule has 0 saturated carbocycles. The molecule has 3 rings (SSSR count). The fourth-order valence-electron chi connectivity index (χ4n) is 2.84. The van der Waals surface area contributed by atoms with Crippen LogP contribution in [-0.2, 0) is 25.3 Å². The molecule has 1 N–H and O–H groups in total. The second kappa shape index (κ2) is 11.4. The van der Waals surface area contributed by atoms with Gasteiger partial charge in [-0.05, 0) is 18.2 Å². The molecule has 0 aliphatic rings. The fraction of sp³-hybridized carbons (Fsp3) is 0.217. The van der Waals surface area contributed by atoms with E-state index >= 15 is 0 Å². The van der Waals surface area contributed by atoms with E-state index in [9.17, 15) is 31.1 Å². The maximum absolute atomic E-state index is 12.4. The lowest BCUT2D eigenvalue weighted by Crippen LogP contribution is -2.11. The molecule has 184 valence electrons. The number of alkyl halides is 6. The Morgan fingerprint density at radius 1 is 1.03 bits per heavy atom. The molecular weight excluding hydrogens is 478 g/mol. The van der Waals surface area contributed by atoms with Gasteiger partial charge in [0.25, 0.3) is 0 Å². The molecule has 0 bridgehead atoms. The van der Waals surface area contributed by atoms with Gasteiger partial charge >= 0.3 is 18.3 Å². The van der Waals surface area contributed by atoms with Gasteiger partial charge in [-0.25, -0.2) is 14.8 Å². The van der Waals surface area contributed by atoms with Crippen LogP contribution in [-0.4, -0.2) is 28.1 Å². The summed E-state index contributed by atoms with van der Waals surface area (Å²) in [6, 6.07) is 12.3. The smallest absolute Gasteiger partial charge is 0.416 e. The summed E-state index contributed by atoms with van der Waals surface area (Å²) in [6.45, 7) is -0.188. The first-order chi connectivity index (χ1) is 16.4. The average Bonchev–Trinajstić information content (AvgIpc) is 2.79. The van der Waals surface area contributed by atoms with Crippen LogP contribution in [0, 0.1) is 11.3 Å². The number of carboxylic acids is 1. The first-order valence-corrected chi connectivity index (χ1v) is 9.72. The standard InChI is InChI=1S/C13H9N3O2.C10H8F6N/c14-7-6-11-15-8-10(13(17)18)12(16-11)9-4-2-1-3-5-9;1-17-5-6-2-7(9(11,12)13)4-8(3-6)10(14,15)16/h1-5,8H,6H2,(H,17,18);2-4H,5H2,1H3/q;-1. The Morgan fingerprint density at radius 3 is 2.06 bits per heavy atom. The first-order valence-electron chi connectivity index (χ1n) is 9.72. The zero-order chi connectivity index (χ0) is 26.2. The maximum atomic E-state index is 12.4. The highest BCUT2D eigenvalue weighted by molar-refractivity contribution is 5.94. The fourth-order valence-corrected chi connectivity index (χ4v) is 2.84. The van der Waals surface area contributed by atoms with Crippen molar-refractivity contribution < 1.29 is 36.2 Å². The number of benzene rings is 2. The Hall–Kier alpha value is -3.98. The number of carbonyl (C=O) groups is 1. The van der Waals surface area contributed by atoms with E-state index in [1.54, 1.807) is 24.3 Å². The molecule has 2 aromatic carbocycles. The van der Waals surface area contributed by atoms with Gasteiger partial charge in [0.2, 0.25) is 0 Å². The van der Waals surface area contributed by atoms with Crippen LogP contribution in [0.1, 0.15) is 32.9 Å². The van der Waals surface area contributed by atoms with Crippen molar-refractivity contribution in [2.45, 2.75) is 25.3 Å². The molecule has 35 heavy (non-hydrogen) atoms. The first kappa shape index (κ1) is 27.3. The van der Waals surface area contributed by atoms with Gasteiger partial charge in [-0.15, -0.1) is 6.54 Å². The van der Waals surface area contributed by atoms with Gasteiger partial charge in [0.15, 0.2) is 0 Å². The van der Waals surface area contributed by atoms with Crippen molar-refractivity contribution in [3.05, 3.63) is 88.1 Å². The number of hydrogen-bond donors (Lipinski definition) is 1. The van der Waals surface area contributed by atoms with Crippen molar-refractivity contribution in [3.63, 3.8) is 0 Å². The zero-order valence-electron chi connectivity index (χ0n) is 18.0. The number of nitrogens with zero attached hydrogens (tertiary/aromatic N) is 4. The lowest BCUT2D eigenvalue weighted by atomic mass is 10.0. The molecule has 1 heterocycles. The number of carboxylic acid groups (broad SMARTS) is 1. The minimum Gasteiger partial charge on any atom is -0.661 e. The molecule has 6 nitrogen and oxygen atoms in total. The second-order valence-electron chi connectivity index (χ2n) is 6.94. The molecule has 0 amide bonds. The molecule has 12 heteroatoms. The molecule has 0 saturated heterocycles. The van der Waals surface area contributed by atoms with Gasteiger partial charge < -0.3 is 10.4 Å². The Morgan fingerprint density at radius 2 is 1.60 bits per heavy atom. The summed E-state index contributed by atoms with van der Waals surface area (Å²) in [4.78, 5) is 19.1. The highest BCUT2D eigenvalue weighted by Crippen LogP contribution is 2.36. The van der Waals surface area contributed by atoms with E-state index in [0.29, 0.717) is 29.2 Å². The van der Waals surface area contributed by atoms with E-state index in [1.807, 2.05) is 12.1 Å². The van der Waals surface area contributed by atoms with Gasteiger partial charge in [0.1, 0.15) is 11.4 Å². The zero-order valence-corrected chi connectivity index (χ0v) is 18.0. The van der Waals surface area contributed by atoms with Gasteiger partial charge in [-0.1, -0.05) is 35.9 Å². The number of rotatable bonds is 5. The summed E-state index contributed by atoms with van der Waals surface area (Å²) in [5.41, 5.74) is -1.69. The summed E-state index contributed by atoms with van der Waals surface area (Å²) in [6.07, 6.45) is -8.31. The van der Waals surface area contributed by atoms with Gasteiger partial charge in [-0.3, -0.25) is 0 Å². The van der Waals surface area contributed by atoms with Crippen molar-refractivity contribution in [2.75, 3.05) is 7.05 Å². The van der Waals surface area contributed by atoms with E-state index in [-0.39, 0.29) is 30.2 Å². The SMILES string of the molecule is C[N-]Cc1cc(C(F)(F)F)cc(C(F)(F)F)c1.N#CCc1ncc(C(=O)O)c(-c2ccccc2)n1. The third-order valence-corrected chi connectivity index (χ3v) is 4.34. The highest BCUT2D eigenvalue weighted by atomic mass is 19.4. The third kappa shape index (κ3) is 7.79. The largest absolute Gasteiger partial charge is 0.661 e. The topological polar surface area (TPSA) is 101 Å². The number of aromatic nitrogens is 2. The summed E-state index contributed by atoms with van der Waals surface area (Å²) in [5, 5.41) is 21.2. The Balaban J connectivity index is 0.000000247. The van der Waals surface area contributed by atoms with Crippen LogP contribution in [0.2, 0.25) is 0 Å². The predicted octanol–water partition coefficient (Wildman–Crippen LogP) is 6.14. The average molecular weight is 495 g/mol. The molecular formula is C23H17F6N4O2-. The summed E-state index contributed by atoms with van der Waals surface area (Å²) in [5.74, 6) is -0.765. The van der Waals surface area contributed by atoms with Crippen LogP contribution in [0.5, 0.6) is 0 Å². The van der Waals surface area contributed by atoms with Crippen LogP contribution >= 0.6 is 0 Å². The molecule has 0 fully saturated rings. The Labute approximate surface area is 195 Å². The van der Waals surface area contributed by atoms with Crippen molar-refractivity contribution in [2.24, 2.45) is 0 Å². The van der Waals surface area contributed by atoms with E-state index in [0.717, 1.165) is 0 Å². The molecule has 0 spiro atoms. The molecule has 0 unspecified atom stereocenters. The number of hydrogen-bond acceptors (Lipinski definition) is 4. The molecule has 0 aliphatic heterocycles. The maximum Gasteiger partial charge on any atom is 0.416 e. The van der Waals surface area contributed by atoms with Crippen LogP contribution in [0.25, 0.3) is 16.6 Å². The Bertz CT molecular complexity index is 1170. The van der Waals surface area contributed by atoms with E-state index < -0.39 is 29.4 Å². The molecule has 0 aliphatic carbocycles. The van der Waals surface area contributed by atoms with Crippen LogP contribution in [0.3, 0.4) is 0 Å². The Kier molecular flexibility index (Phi) is 8.91. The molecule has 0 atom stereocenters. The molecule has 1 aromatic heterocycles. The minimum absolute atomic E-state index is 0.0305. The minimum atomic E-state index is -4.80. The summed E-state index contributed by atoms with van der Waals surface area (Å²) < 4.78 is 74.3. The quantitative estimate of drug-likeness (QED) is 0.429. The number of aromatic carboxylic acids is 1. The van der Waals surface area contributed by atoms with Gasteiger partial charge in [-0.2, -0.15) is 38.7 Å². The monoisotopic (exact) mass is 495 g/mol. The third-order valence-electron chi connectivity index (χ3n) is 4.34. The van der Waals surface area contributed by atoms with Crippen LogP contribution in [0.4, 0.5) is 26.3 Å². The van der Waals surface area contributed by atoms with E-state index in [4.69, 9.17) is 10.4 Å². The predicted molar refractivity (Wildman–Crippen MR) is 113 cm³/mol.